The van der Waals surface area contributed by atoms with Gasteiger partial charge in [-0.15, -0.1) is 0 Å². The van der Waals surface area contributed by atoms with E-state index >= 15 is 0 Å². The Morgan fingerprint density at radius 3 is 2.89 bits per heavy atom. The number of hydrogen-bond donors (Lipinski definition) is 3. The third kappa shape index (κ3) is 3.84. The second kappa shape index (κ2) is 9.16. The van der Waals surface area contributed by atoms with Crippen molar-refractivity contribution in [1.82, 2.24) is 15.5 Å². The summed E-state index contributed by atoms with van der Waals surface area (Å²) in [5, 5.41) is 16.3. The molecule has 3 N–H and O–H groups in total. The number of allylic oxidation sites excluding steroid dienone is 2. The highest BCUT2D eigenvalue weighted by molar-refractivity contribution is 5.85. The Labute approximate surface area is 215 Å². The number of ether oxygens (including phenoxy) is 1. The molecule has 0 aromatic rings. The van der Waals surface area contributed by atoms with E-state index in [1.54, 1.807) is 11.6 Å². The van der Waals surface area contributed by atoms with Crippen LogP contribution in [0.25, 0.3) is 0 Å². The Morgan fingerprint density at radius 2 is 2.11 bits per heavy atom. The summed E-state index contributed by atoms with van der Waals surface area (Å²) in [5.41, 5.74) is 3.38. The summed E-state index contributed by atoms with van der Waals surface area (Å²) >= 11 is 0. The number of esters is 1. The van der Waals surface area contributed by atoms with Crippen molar-refractivity contribution in [2.45, 2.75) is 77.3 Å². The minimum Gasteiger partial charge on any atom is -0.458 e. The van der Waals surface area contributed by atoms with Crippen LogP contribution in [0.5, 0.6) is 0 Å². The number of carbonyl (C=O) groups excluding carboxylic acids is 2. The summed E-state index contributed by atoms with van der Waals surface area (Å²) in [6.07, 6.45) is 13.6. The van der Waals surface area contributed by atoms with E-state index in [0.29, 0.717) is 48.8 Å². The summed E-state index contributed by atoms with van der Waals surface area (Å²) in [7, 11) is 0. The maximum atomic E-state index is 13.1. The van der Waals surface area contributed by atoms with Crippen LogP contribution in [0.2, 0.25) is 0 Å². The first-order valence-electron chi connectivity index (χ1n) is 14.3. The van der Waals surface area contributed by atoms with E-state index in [1.807, 2.05) is 4.90 Å². The molecule has 2 heterocycles. The van der Waals surface area contributed by atoms with Gasteiger partial charge in [0.1, 0.15) is 6.61 Å². The number of nitrogens with zero attached hydrogens (tertiary/aromatic N) is 1. The molecule has 2 amide bonds. The number of hydrogen-bond acceptors (Lipinski definition) is 5. The lowest BCUT2D eigenvalue weighted by Gasteiger charge is -2.60. The van der Waals surface area contributed by atoms with Crippen LogP contribution < -0.4 is 10.6 Å². The first-order valence-corrected chi connectivity index (χ1v) is 14.3. The Morgan fingerprint density at radius 1 is 1.25 bits per heavy atom. The van der Waals surface area contributed by atoms with Crippen molar-refractivity contribution in [3.8, 4) is 0 Å². The molecule has 0 bridgehead atoms. The van der Waals surface area contributed by atoms with Gasteiger partial charge in [-0.2, -0.15) is 0 Å². The second-order valence-electron chi connectivity index (χ2n) is 12.9. The van der Waals surface area contributed by atoms with Gasteiger partial charge in [0.15, 0.2) is 0 Å². The fourth-order valence-corrected chi connectivity index (χ4v) is 9.32. The van der Waals surface area contributed by atoms with Crippen LogP contribution in [0.1, 0.15) is 65.2 Å². The Hall–Kier alpha value is -1.86. The summed E-state index contributed by atoms with van der Waals surface area (Å²) in [4.78, 5) is 26.6. The third-order valence-corrected chi connectivity index (χ3v) is 11.3. The van der Waals surface area contributed by atoms with Gasteiger partial charge in [0.05, 0.1) is 12.6 Å². The molecule has 7 nitrogen and oxygen atoms in total. The van der Waals surface area contributed by atoms with Crippen LogP contribution in [-0.2, 0) is 9.53 Å². The quantitative estimate of drug-likeness (QED) is 0.411. The number of nitrogens with one attached hydrogen (secondary N) is 2. The van der Waals surface area contributed by atoms with Crippen molar-refractivity contribution < 1.29 is 19.4 Å². The number of cyclic esters (lactones) is 1. The number of amides is 2. The van der Waals surface area contributed by atoms with E-state index in [2.05, 4.69) is 30.6 Å². The van der Waals surface area contributed by atoms with E-state index < -0.39 is 0 Å². The Bertz CT molecular complexity index is 978. The van der Waals surface area contributed by atoms with Gasteiger partial charge in [0, 0.05) is 31.8 Å². The Kier molecular flexibility index (Phi) is 6.23. The predicted molar refractivity (Wildman–Crippen MR) is 137 cm³/mol. The van der Waals surface area contributed by atoms with Gasteiger partial charge < -0.3 is 25.4 Å². The van der Waals surface area contributed by atoms with Crippen LogP contribution in [0, 0.1) is 34.5 Å². The molecule has 3 saturated carbocycles. The molecule has 198 valence electrons. The molecular weight excluding hydrogens is 454 g/mol. The second-order valence-corrected chi connectivity index (χ2v) is 12.9. The monoisotopic (exact) mass is 497 g/mol. The van der Waals surface area contributed by atoms with Crippen LogP contribution >= 0.6 is 0 Å². The van der Waals surface area contributed by atoms with Crippen LogP contribution in [-0.4, -0.2) is 66.9 Å². The summed E-state index contributed by atoms with van der Waals surface area (Å²) < 4.78 is 5.28. The van der Waals surface area contributed by atoms with Gasteiger partial charge in [-0.3, -0.25) is 0 Å². The maximum Gasteiger partial charge on any atom is 0.331 e. The normalized spacial score (nSPS) is 44.1. The summed E-state index contributed by atoms with van der Waals surface area (Å²) in [6, 6.07) is 0.0991. The van der Waals surface area contributed by atoms with E-state index in [1.165, 1.54) is 37.7 Å². The fourth-order valence-electron chi connectivity index (χ4n) is 9.32. The molecule has 8 atom stereocenters. The topological polar surface area (TPSA) is 90.9 Å². The van der Waals surface area contributed by atoms with Crippen molar-refractivity contribution in [3.63, 3.8) is 0 Å². The largest absolute Gasteiger partial charge is 0.458 e. The van der Waals surface area contributed by atoms with Gasteiger partial charge in [0.25, 0.3) is 0 Å². The van der Waals surface area contributed by atoms with Gasteiger partial charge in [-0.05, 0) is 91.4 Å². The highest BCUT2D eigenvalue weighted by Gasteiger charge is 2.58. The first-order chi connectivity index (χ1) is 17.3. The zero-order valence-electron chi connectivity index (χ0n) is 21.9. The zero-order valence-corrected chi connectivity index (χ0v) is 21.9. The van der Waals surface area contributed by atoms with Crippen LogP contribution in [0.4, 0.5) is 4.79 Å². The molecule has 6 rings (SSSR count). The fraction of sp³-hybridized carbons (Fsp3) is 0.793. The number of rotatable bonds is 3. The van der Waals surface area contributed by atoms with Gasteiger partial charge in [-0.25, -0.2) is 9.59 Å². The first kappa shape index (κ1) is 24.5. The van der Waals surface area contributed by atoms with Crippen molar-refractivity contribution in [1.29, 1.82) is 0 Å². The number of urea groups is 1. The molecule has 0 unspecified atom stereocenters. The molecular formula is C29H43N3O4. The Balaban J connectivity index is 1.13. The predicted octanol–water partition coefficient (Wildman–Crippen LogP) is 3.39. The van der Waals surface area contributed by atoms with Crippen molar-refractivity contribution >= 4 is 12.0 Å². The average molecular weight is 498 g/mol. The number of fused-ring (bicyclic) bond motifs is 5. The summed E-state index contributed by atoms with van der Waals surface area (Å²) in [5.74, 6) is 2.28. The molecule has 0 radical (unpaired) electrons. The molecule has 6 aliphatic rings. The van der Waals surface area contributed by atoms with E-state index in [0.717, 1.165) is 25.8 Å². The van der Waals surface area contributed by atoms with E-state index in [4.69, 9.17) is 4.74 Å². The minimum atomic E-state index is -0.170. The lowest BCUT2D eigenvalue weighted by molar-refractivity contribution is -0.135. The molecule has 0 spiro atoms. The zero-order chi connectivity index (χ0) is 25.1. The lowest BCUT2D eigenvalue weighted by Crippen LogP contribution is -2.60. The number of piperazine rings is 1. The van der Waals surface area contributed by atoms with Gasteiger partial charge in [0.2, 0.25) is 0 Å². The molecule has 7 heteroatoms. The SMILES string of the molecule is C[C@]12CC[C@H](NC(=O)N3CCNC[C@H]3CO)C[C@H]1CC[C@H]1C3=CC[C@H](C4=CC(=O)OC4)[C@@]3(C)CC[C@@H]12. The molecule has 36 heavy (non-hydrogen) atoms. The van der Waals surface area contributed by atoms with Crippen molar-refractivity contribution in [2.24, 2.45) is 34.5 Å². The highest BCUT2D eigenvalue weighted by Crippen LogP contribution is 2.66. The van der Waals surface area contributed by atoms with E-state index in [9.17, 15) is 14.7 Å². The average Bonchev–Trinajstić information content (AvgIpc) is 3.46. The lowest BCUT2D eigenvalue weighted by atomic mass is 9.45. The molecule has 0 aromatic carbocycles. The number of carbonyl (C=O) groups is 2. The molecule has 0 aromatic heterocycles. The maximum absolute atomic E-state index is 13.1. The number of aliphatic hydroxyl groups excluding tert-OH is 1. The highest BCUT2D eigenvalue weighted by atomic mass is 16.5. The molecule has 4 fully saturated rings. The molecule has 1 saturated heterocycles. The standard InChI is InChI=1S/C29H43N3O4/c1-28-9-7-20(31-27(35)32-12-11-30-15-21(32)16-33)14-19(28)3-4-22-24-6-5-23(18-13-26(34)36-17-18)29(24,2)10-8-25(22)28/h6,13,19-23,25,30,33H,3-5,7-12,14-17H2,1-2H3,(H,31,35)/t19-,20+,21+,22+,23-,25+,28+,29-/m1/s1. The van der Waals surface area contributed by atoms with Crippen molar-refractivity contribution in [2.75, 3.05) is 32.8 Å². The third-order valence-electron chi connectivity index (χ3n) is 11.3. The van der Waals surface area contributed by atoms with Crippen LogP contribution in [0.3, 0.4) is 0 Å². The number of aliphatic hydroxyl groups is 1. The minimum absolute atomic E-state index is 0.00268. The van der Waals surface area contributed by atoms with Gasteiger partial charge in [-0.1, -0.05) is 25.5 Å². The van der Waals surface area contributed by atoms with Crippen LogP contribution in [0.15, 0.2) is 23.3 Å². The molecule has 4 aliphatic carbocycles. The summed E-state index contributed by atoms with van der Waals surface area (Å²) in [6.45, 7) is 7.59. The van der Waals surface area contributed by atoms with E-state index in [-0.39, 0.29) is 36.1 Å². The smallest absolute Gasteiger partial charge is 0.331 e. The van der Waals surface area contributed by atoms with Gasteiger partial charge >= 0.3 is 12.0 Å². The van der Waals surface area contributed by atoms with Crippen molar-refractivity contribution in [3.05, 3.63) is 23.3 Å². The molecule has 2 aliphatic heterocycles.